The first-order valence-corrected chi connectivity index (χ1v) is 9.65. The maximum atomic E-state index is 12.5. The standard InChI is InChI=1S/C21H26N4O4/c1-12(2)9-18(21-25-24-13(3)29-21)22-19(26)8-6-15-10-14-5-7-16(28-4)11-17(14)23-20(15)27/h5,7,10-12,18H,6,8-9H2,1-4H3,(H,22,26)(H,23,27). The highest BCUT2D eigenvalue weighted by atomic mass is 16.5. The summed E-state index contributed by atoms with van der Waals surface area (Å²) in [5.74, 6) is 1.71. The molecule has 1 atom stereocenters. The van der Waals surface area contributed by atoms with Crippen molar-refractivity contribution < 1.29 is 13.9 Å². The van der Waals surface area contributed by atoms with Crippen LogP contribution in [0.25, 0.3) is 10.9 Å². The molecule has 3 rings (SSSR count). The lowest BCUT2D eigenvalue weighted by Gasteiger charge is -2.17. The van der Waals surface area contributed by atoms with E-state index in [1.807, 2.05) is 18.2 Å². The van der Waals surface area contributed by atoms with Crippen molar-refractivity contribution in [3.8, 4) is 5.75 Å². The van der Waals surface area contributed by atoms with Crippen LogP contribution < -0.4 is 15.6 Å². The molecule has 8 nitrogen and oxygen atoms in total. The van der Waals surface area contributed by atoms with Gasteiger partial charge in [0.05, 0.1) is 12.6 Å². The lowest BCUT2D eigenvalue weighted by atomic mass is 10.0. The van der Waals surface area contributed by atoms with Gasteiger partial charge in [-0.05, 0) is 42.3 Å². The van der Waals surface area contributed by atoms with Gasteiger partial charge in [-0.3, -0.25) is 9.59 Å². The summed E-state index contributed by atoms with van der Waals surface area (Å²) in [6.07, 6.45) is 1.21. The Kier molecular flexibility index (Phi) is 6.31. The summed E-state index contributed by atoms with van der Waals surface area (Å²) in [6, 6.07) is 6.96. The topological polar surface area (TPSA) is 110 Å². The number of methoxy groups -OCH3 is 1. The minimum absolute atomic E-state index is 0.166. The number of H-pyrrole nitrogens is 1. The lowest BCUT2D eigenvalue weighted by molar-refractivity contribution is -0.122. The molecule has 2 aromatic heterocycles. The smallest absolute Gasteiger partial charge is 0.251 e. The molecule has 0 saturated heterocycles. The highest BCUT2D eigenvalue weighted by Crippen LogP contribution is 2.21. The van der Waals surface area contributed by atoms with Crippen LogP contribution in [-0.4, -0.2) is 28.2 Å². The SMILES string of the molecule is COc1ccc2cc(CCC(=O)NC(CC(C)C)c3nnc(C)o3)c(=O)[nH]c2c1. The largest absolute Gasteiger partial charge is 0.497 e. The number of aromatic amines is 1. The van der Waals surface area contributed by atoms with Crippen LogP contribution in [0.5, 0.6) is 5.75 Å². The van der Waals surface area contributed by atoms with E-state index in [2.05, 4.69) is 34.3 Å². The van der Waals surface area contributed by atoms with Crippen LogP contribution in [0.1, 0.15) is 50.1 Å². The molecule has 2 N–H and O–H groups in total. The minimum Gasteiger partial charge on any atom is -0.497 e. The fourth-order valence-corrected chi connectivity index (χ4v) is 3.20. The average Bonchev–Trinajstić information content (AvgIpc) is 3.11. The van der Waals surface area contributed by atoms with Crippen LogP contribution in [0.2, 0.25) is 0 Å². The molecule has 1 unspecified atom stereocenters. The fourth-order valence-electron chi connectivity index (χ4n) is 3.20. The molecular weight excluding hydrogens is 372 g/mol. The number of carbonyl (C=O) groups is 1. The van der Waals surface area contributed by atoms with E-state index >= 15 is 0 Å². The average molecular weight is 398 g/mol. The first-order valence-electron chi connectivity index (χ1n) is 9.65. The third-order valence-electron chi connectivity index (χ3n) is 4.63. The fraction of sp³-hybridized carbons (Fsp3) is 0.429. The first-order chi connectivity index (χ1) is 13.9. The lowest BCUT2D eigenvalue weighted by Crippen LogP contribution is -2.30. The van der Waals surface area contributed by atoms with E-state index in [1.54, 1.807) is 20.1 Å². The Morgan fingerprint density at radius 3 is 2.72 bits per heavy atom. The van der Waals surface area contributed by atoms with Crippen LogP contribution in [-0.2, 0) is 11.2 Å². The van der Waals surface area contributed by atoms with Crippen molar-refractivity contribution >= 4 is 16.8 Å². The van der Waals surface area contributed by atoms with E-state index in [-0.39, 0.29) is 23.9 Å². The van der Waals surface area contributed by atoms with Gasteiger partial charge in [-0.25, -0.2) is 0 Å². The molecular formula is C21H26N4O4. The molecule has 0 saturated carbocycles. The van der Waals surface area contributed by atoms with E-state index in [0.717, 1.165) is 5.39 Å². The number of carbonyl (C=O) groups excluding carboxylic acids is 1. The molecule has 0 aliphatic heterocycles. The molecule has 8 heteroatoms. The molecule has 0 fully saturated rings. The van der Waals surface area contributed by atoms with Gasteiger partial charge in [-0.1, -0.05) is 13.8 Å². The van der Waals surface area contributed by atoms with E-state index in [1.165, 1.54) is 0 Å². The molecule has 3 aromatic rings. The maximum absolute atomic E-state index is 12.5. The van der Waals surface area contributed by atoms with Gasteiger partial charge in [0.1, 0.15) is 11.8 Å². The number of ether oxygens (including phenoxy) is 1. The number of aromatic nitrogens is 3. The monoisotopic (exact) mass is 398 g/mol. The second kappa shape index (κ2) is 8.89. The van der Waals surface area contributed by atoms with Crippen LogP contribution in [0.15, 0.2) is 33.5 Å². The zero-order chi connectivity index (χ0) is 21.0. The predicted octanol–water partition coefficient (Wildman–Crippen LogP) is 3.06. The van der Waals surface area contributed by atoms with Gasteiger partial charge in [-0.15, -0.1) is 10.2 Å². The van der Waals surface area contributed by atoms with Gasteiger partial charge in [-0.2, -0.15) is 0 Å². The zero-order valence-corrected chi connectivity index (χ0v) is 17.1. The first kappa shape index (κ1) is 20.6. The third-order valence-corrected chi connectivity index (χ3v) is 4.63. The zero-order valence-electron chi connectivity index (χ0n) is 17.1. The van der Waals surface area contributed by atoms with Crippen molar-refractivity contribution in [3.05, 3.63) is 52.0 Å². The molecule has 1 aromatic carbocycles. The number of pyridine rings is 1. The van der Waals surface area contributed by atoms with Crippen molar-refractivity contribution in [2.75, 3.05) is 7.11 Å². The highest BCUT2D eigenvalue weighted by Gasteiger charge is 2.21. The minimum atomic E-state index is -0.342. The summed E-state index contributed by atoms with van der Waals surface area (Å²) >= 11 is 0. The van der Waals surface area contributed by atoms with Crippen molar-refractivity contribution in [2.24, 2.45) is 5.92 Å². The van der Waals surface area contributed by atoms with Gasteiger partial charge in [0.15, 0.2) is 0 Å². The quantitative estimate of drug-likeness (QED) is 0.603. The van der Waals surface area contributed by atoms with Crippen molar-refractivity contribution in [1.29, 1.82) is 0 Å². The van der Waals surface area contributed by atoms with Gasteiger partial charge >= 0.3 is 0 Å². The molecule has 1 amide bonds. The molecule has 0 spiro atoms. The Labute approximate surface area is 168 Å². The number of aryl methyl sites for hydroxylation is 2. The normalized spacial score (nSPS) is 12.3. The Morgan fingerprint density at radius 2 is 2.07 bits per heavy atom. The summed E-state index contributed by atoms with van der Waals surface area (Å²) in [6.45, 7) is 5.84. The maximum Gasteiger partial charge on any atom is 0.251 e. The van der Waals surface area contributed by atoms with Gasteiger partial charge in [0.25, 0.3) is 5.56 Å². The molecule has 29 heavy (non-hydrogen) atoms. The molecule has 0 aliphatic rings. The second-order valence-electron chi connectivity index (χ2n) is 7.49. The number of benzene rings is 1. The Balaban J connectivity index is 1.69. The second-order valence-corrected chi connectivity index (χ2v) is 7.49. The number of nitrogens with zero attached hydrogens (tertiary/aromatic N) is 2. The van der Waals surface area contributed by atoms with E-state index in [0.29, 0.717) is 47.4 Å². The number of nitrogens with one attached hydrogen (secondary N) is 2. The Hall–Kier alpha value is -3.16. The summed E-state index contributed by atoms with van der Waals surface area (Å²) in [5, 5.41) is 11.7. The summed E-state index contributed by atoms with van der Waals surface area (Å²) < 4.78 is 10.7. The number of hydrogen-bond donors (Lipinski definition) is 2. The van der Waals surface area contributed by atoms with Crippen molar-refractivity contribution in [3.63, 3.8) is 0 Å². The third kappa shape index (κ3) is 5.22. The number of hydrogen-bond acceptors (Lipinski definition) is 6. The summed E-state index contributed by atoms with van der Waals surface area (Å²) in [4.78, 5) is 27.7. The molecule has 0 bridgehead atoms. The Bertz CT molecular complexity index is 1050. The van der Waals surface area contributed by atoms with Crippen molar-refractivity contribution in [2.45, 2.75) is 46.1 Å². The summed E-state index contributed by atoms with van der Waals surface area (Å²) in [5.41, 5.74) is 1.06. The van der Waals surface area contributed by atoms with E-state index in [4.69, 9.17) is 9.15 Å². The van der Waals surface area contributed by atoms with E-state index in [9.17, 15) is 9.59 Å². The van der Waals surface area contributed by atoms with Crippen LogP contribution in [0.4, 0.5) is 0 Å². The van der Waals surface area contributed by atoms with Crippen LogP contribution >= 0.6 is 0 Å². The highest BCUT2D eigenvalue weighted by molar-refractivity contribution is 5.81. The van der Waals surface area contributed by atoms with Gasteiger partial charge in [0, 0.05) is 25.0 Å². The summed E-state index contributed by atoms with van der Waals surface area (Å²) in [7, 11) is 1.58. The number of fused-ring (bicyclic) bond motifs is 1. The number of amides is 1. The van der Waals surface area contributed by atoms with Gasteiger partial charge in [0.2, 0.25) is 17.7 Å². The predicted molar refractivity (Wildman–Crippen MR) is 109 cm³/mol. The van der Waals surface area contributed by atoms with E-state index < -0.39 is 0 Å². The molecule has 154 valence electrons. The molecule has 2 heterocycles. The van der Waals surface area contributed by atoms with Gasteiger partial charge < -0.3 is 19.5 Å². The van der Waals surface area contributed by atoms with Crippen LogP contribution in [0.3, 0.4) is 0 Å². The Morgan fingerprint density at radius 1 is 1.28 bits per heavy atom. The number of rotatable bonds is 8. The van der Waals surface area contributed by atoms with Crippen molar-refractivity contribution in [1.82, 2.24) is 20.5 Å². The van der Waals surface area contributed by atoms with Crippen LogP contribution in [0, 0.1) is 12.8 Å². The molecule has 0 radical (unpaired) electrons. The molecule has 0 aliphatic carbocycles.